The third-order valence-corrected chi connectivity index (χ3v) is 8.47. The molecule has 1 N–H and O–H groups in total. The first-order valence-corrected chi connectivity index (χ1v) is 14.3. The number of nitrogens with one attached hydrogen (secondary N) is 1. The summed E-state index contributed by atoms with van der Waals surface area (Å²) >= 11 is 12.4. The van der Waals surface area contributed by atoms with Crippen LogP contribution in [0.2, 0.25) is 10.0 Å². The van der Waals surface area contributed by atoms with Crippen LogP contribution in [0.1, 0.15) is 30.5 Å². The van der Waals surface area contributed by atoms with E-state index >= 15 is 0 Å². The Bertz CT molecular complexity index is 1410. The molecule has 3 aromatic carbocycles. The number of benzene rings is 3. The zero-order chi connectivity index (χ0) is 28.0. The summed E-state index contributed by atoms with van der Waals surface area (Å²) in [7, 11) is -4.12. The number of sulfonamides is 1. The molecule has 38 heavy (non-hydrogen) atoms. The lowest BCUT2D eigenvalue weighted by molar-refractivity contribution is -0.139. The molecular formula is C28H31Cl2N3O4S. The van der Waals surface area contributed by atoms with E-state index in [0.29, 0.717) is 33.4 Å². The van der Waals surface area contributed by atoms with Gasteiger partial charge in [0.1, 0.15) is 12.6 Å². The topological polar surface area (TPSA) is 86.8 Å². The van der Waals surface area contributed by atoms with Gasteiger partial charge in [-0.25, -0.2) is 8.42 Å². The van der Waals surface area contributed by atoms with Crippen LogP contribution in [0, 0.1) is 13.8 Å². The third kappa shape index (κ3) is 6.87. The van der Waals surface area contributed by atoms with Gasteiger partial charge < -0.3 is 10.2 Å². The van der Waals surface area contributed by atoms with Gasteiger partial charge in [0.05, 0.1) is 10.6 Å². The number of likely N-dealkylation sites (N-methyl/N-ethyl adjacent to an activating group) is 1. The van der Waals surface area contributed by atoms with E-state index in [0.717, 1.165) is 9.87 Å². The Hall–Kier alpha value is -3.07. The van der Waals surface area contributed by atoms with Crippen molar-refractivity contribution in [1.29, 1.82) is 0 Å². The molecule has 0 spiro atoms. The Balaban J connectivity index is 2.07. The second-order valence-electron chi connectivity index (χ2n) is 8.94. The smallest absolute Gasteiger partial charge is 0.264 e. The average Bonchev–Trinajstić information content (AvgIpc) is 2.87. The highest BCUT2D eigenvalue weighted by atomic mass is 35.5. The molecule has 2 amide bonds. The molecule has 0 aliphatic rings. The summed E-state index contributed by atoms with van der Waals surface area (Å²) in [5.41, 5.74) is 2.60. The van der Waals surface area contributed by atoms with Crippen molar-refractivity contribution in [3.05, 3.63) is 93.5 Å². The molecule has 0 saturated heterocycles. The second-order valence-corrected chi connectivity index (χ2v) is 11.6. The number of hydrogen-bond acceptors (Lipinski definition) is 4. The van der Waals surface area contributed by atoms with Crippen molar-refractivity contribution >= 4 is 50.7 Å². The van der Waals surface area contributed by atoms with Crippen LogP contribution in [-0.4, -0.2) is 44.3 Å². The first kappa shape index (κ1) is 29.5. The van der Waals surface area contributed by atoms with Gasteiger partial charge in [-0.1, -0.05) is 65.2 Å². The number of halogens is 2. The SMILES string of the molecule is CCNC(=O)C(C)N(Cc1ccc(Cl)cc1Cl)C(=O)CN(c1ccc(C)cc1C)S(=O)(=O)c1ccccc1. The lowest BCUT2D eigenvalue weighted by Gasteiger charge is -2.32. The standard InChI is InChI=1S/C28H31Cl2N3O4S/c1-5-31-28(35)21(4)32(17-22-12-13-23(29)16-25(22)30)27(34)18-33(26-14-11-19(2)15-20(26)3)38(36,37)24-9-7-6-8-10-24/h6-16,21H,5,17-18H2,1-4H3,(H,31,35). The number of carbonyl (C=O) groups is 2. The lowest BCUT2D eigenvalue weighted by Crippen LogP contribution is -2.51. The van der Waals surface area contributed by atoms with Gasteiger partial charge in [-0.3, -0.25) is 13.9 Å². The van der Waals surface area contributed by atoms with Crippen LogP contribution >= 0.6 is 23.2 Å². The summed E-state index contributed by atoms with van der Waals surface area (Å²) in [6.45, 7) is 6.92. The number of nitrogens with zero attached hydrogens (tertiary/aromatic N) is 2. The predicted molar refractivity (Wildman–Crippen MR) is 152 cm³/mol. The molecule has 10 heteroatoms. The van der Waals surface area contributed by atoms with E-state index in [4.69, 9.17) is 23.2 Å². The first-order chi connectivity index (χ1) is 17.9. The summed E-state index contributed by atoms with van der Waals surface area (Å²) in [5, 5.41) is 3.50. The molecule has 0 aliphatic heterocycles. The first-order valence-electron chi connectivity index (χ1n) is 12.1. The molecule has 0 heterocycles. The fourth-order valence-corrected chi connectivity index (χ4v) is 6.02. The molecule has 0 radical (unpaired) electrons. The largest absolute Gasteiger partial charge is 0.355 e. The zero-order valence-corrected chi connectivity index (χ0v) is 24.1. The number of aryl methyl sites for hydroxylation is 2. The minimum Gasteiger partial charge on any atom is -0.355 e. The molecule has 0 saturated carbocycles. The maximum Gasteiger partial charge on any atom is 0.264 e. The van der Waals surface area contributed by atoms with Crippen molar-refractivity contribution in [2.75, 3.05) is 17.4 Å². The lowest BCUT2D eigenvalue weighted by atomic mass is 10.1. The Kier molecular flexibility index (Phi) is 9.82. The Labute approximate surface area is 234 Å². The Morgan fingerprint density at radius 3 is 2.26 bits per heavy atom. The molecule has 0 aromatic heterocycles. The molecule has 202 valence electrons. The number of carbonyl (C=O) groups excluding carboxylic acids is 2. The molecule has 0 fully saturated rings. The van der Waals surface area contributed by atoms with Crippen molar-refractivity contribution < 1.29 is 18.0 Å². The highest BCUT2D eigenvalue weighted by Gasteiger charge is 2.33. The van der Waals surface area contributed by atoms with E-state index in [9.17, 15) is 18.0 Å². The van der Waals surface area contributed by atoms with E-state index < -0.39 is 28.5 Å². The Morgan fingerprint density at radius 2 is 1.66 bits per heavy atom. The maximum absolute atomic E-state index is 13.9. The van der Waals surface area contributed by atoms with Gasteiger partial charge in [0, 0.05) is 23.1 Å². The summed E-state index contributed by atoms with van der Waals surface area (Å²) in [4.78, 5) is 28.1. The fourth-order valence-electron chi connectivity index (χ4n) is 4.06. The summed E-state index contributed by atoms with van der Waals surface area (Å²) < 4.78 is 28.7. The summed E-state index contributed by atoms with van der Waals surface area (Å²) in [6.07, 6.45) is 0. The molecule has 0 bridgehead atoms. The van der Waals surface area contributed by atoms with E-state index in [1.165, 1.54) is 17.0 Å². The molecule has 1 unspecified atom stereocenters. The van der Waals surface area contributed by atoms with Crippen LogP contribution in [0.5, 0.6) is 0 Å². The van der Waals surface area contributed by atoms with Crippen LogP contribution < -0.4 is 9.62 Å². The highest BCUT2D eigenvalue weighted by Crippen LogP contribution is 2.29. The van der Waals surface area contributed by atoms with Gasteiger partial charge in [0.25, 0.3) is 10.0 Å². The fraction of sp³-hybridized carbons (Fsp3) is 0.286. The van der Waals surface area contributed by atoms with Crippen molar-refractivity contribution in [2.24, 2.45) is 0 Å². The normalized spacial score (nSPS) is 12.1. The summed E-state index contributed by atoms with van der Waals surface area (Å²) in [5.74, 6) is -0.927. The quantitative estimate of drug-likeness (QED) is 0.352. The van der Waals surface area contributed by atoms with Crippen molar-refractivity contribution in [2.45, 2.75) is 45.2 Å². The van der Waals surface area contributed by atoms with E-state index in [1.807, 2.05) is 13.0 Å². The third-order valence-electron chi connectivity index (χ3n) is 6.11. The van der Waals surface area contributed by atoms with Gasteiger partial charge in [-0.15, -0.1) is 0 Å². The molecule has 3 rings (SSSR count). The van der Waals surface area contributed by atoms with Crippen molar-refractivity contribution in [1.82, 2.24) is 10.2 Å². The van der Waals surface area contributed by atoms with Gasteiger partial charge in [0.2, 0.25) is 11.8 Å². The van der Waals surface area contributed by atoms with E-state index in [1.54, 1.807) is 69.3 Å². The number of amides is 2. The van der Waals surface area contributed by atoms with Crippen LogP contribution in [0.3, 0.4) is 0 Å². The number of hydrogen-bond donors (Lipinski definition) is 1. The molecule has 3 aromatic rings. The maximum atomic E-state index is 13.9. The van der Waals surface area contributed by atoms with Crippen LogP contribution in [0.15, 0.2) is 71.6 Å². The second kappa shape index (κ2) is 12.7. The minimum atomic E-state index is -4.12. The van der Waals surface area contributed by atoms with Crippen LogP contribution in [0.4, 0.5) is 5.69 Å². The number of rotatable bonds is 10. The van der Waals surface area contributed by atoms with Crippen molar-refractivity contribution in [3.63, 3.8) is 0 Å². The van der Waals surface area contributed by atoms with Gasteiger partial charge in [-0.2, -0.15) is 0 Å². The summed E-state index contributed by atoms with van der Waals surface area (Å²) in [6, 6.07) is 17.3. The van der Waals surface area contributed by atoms with Gasteiger partial charge in [0.15, 0.2) is 0 Å². The minimum absolute atomic E-state index is 0.0146. The monoisotopic (exact) mass is 575 g/mol. The predicted octanol–water partition coefficient (Wildman–Crippen LogP) is 5.36. The number of anilines is 1. The Morgan fingerprint density at radius 1 is 0.974 bits per heavy atom. The van der Waals surface area contributed by atoms with Gasteiger partial charge >= 0.3 is 0 Å². The molecular weight excluding hydrogens is 545 g/mol. The molecule has 1 atom stereocenters. The van der Waals surface area contributed by atoms with Crippen LogP contribution in [-0.2, 0) is 26.2 Å². The van der Waals surface area contributed by atoms with Crippen molar-refractivity contribution in [3.8, 4) is 0 Å². The van der Waals surface area contributed by atoms with E-state index in [-0.39, 0.29) is 17.3 Å². The van der Waals surface area contributed by atoms with Crippen LogP contribution in [0.25, 0.3) is 0 Å². The zero-order valence-electron chi connectivity index (χ0n) is 21.7. The highest BCUT2D eigenvalue weighted by molar-refractivity contribution is 7.92. The molecule has 7 nitrogen and oxygen atoms in total. The average molecular weight is 577 g/mol. The molecule has 0 aliphatic carbocycles. The van der Waals surface area contributed by atoms with Gasteiger partial charge in [-0.05, 0) is 69.2 Å². The van der Waals surface area contributed by atoms with E-state index in [2.05, 4.69) is 5.32 Å².